The molecule has 5 rings (SSSR count). The maximum absolute atomic E-state index is 9.26. The second-order valence-electron chi connectivity index (χ2n) is 12.5. The Labute approximate surface area is 310 Å². The van der Waals surface area contributed by atoms with Gasteiger partial charge in [0.05, 0.1) is 62.3 Å². The Morgan fingerprint density at radius 1 is 0.453 bits per heavy atom. The van der Waals surface area contributed by atoms with Gasteiger partial charge in [-0.3, -0.25) is 0 Å². The first-order chi connectivity index (χ1) is 26.1. The van der Waals surface area contributed by atoms with Crippen LogP contribution in [0, 0.1) is 0 Å². The van der Waals surface area contributed by atoms with Crippen LogP contribution in [0.25, 0.3) is 0 Å². The van der Waals surface area contributed by atoms with Gasteiger partial charge in [-0.15, -0.1) is 0 Å². The Bertz CT molecular complexity index is 1690. The first-order valence-corrected chi connectivity index (χ1v) is 18.1. The fraction of sp³-hybridized carbons (Fsp3) is 0.359. The molecule has 3 heterocycles. The summed E-state index contributed by atoms with van der Waals surface area (Å²) in [5.74, 6) is 0. The normalized spacial score (nSPS) is 11.5. The summed E-state index contributed by atoms with van der Waals surface area (Å²) in [4.78, 5) is 3.84. The second kappa shape index (κ2) is 21.2. The molecular formula is C39H51N10O4+3. The van der Waals surface area contributed by atoms with Gasteiger partial charge in [-0.2, -0.15) is 20.5 Å². The lowest BCUT2D eigenvalue weighted by Crippen LogP contribution is -2.37. The van der Waals surface area contributed by atoms with Crippen LogP contribution in [0.4, 0.5) is 34.1 Å². The van der Waals surface area contributed by atoms with E-state index in [0.29, 0.717) is 26.2 Å². The number of aliphatic hydroxyl groups excluding tert-OH is 4. The third-order valence-corrected chi connectivity index (χ3v) is 8.63. The Balaban J connectivity index is 0.993. The molecule has 3 aromatic heterocycles. The van der Waals surface area contributed by atoms with Crippen LogP contribution < -0.4 is 23.5 Å². The van der Waals surface area contributed by atoms with Crippen LogP contribution in [0.2, 0.25) is 0 Å². The largest absolute Gasteiger partial charge is 0.395 e. The molecule has 0 aliphatic heterocycles. The third-order valence-electron chi connectivity index (χ3n) is 8.63. The van der Waals surface area contributed by atoms with E-state index in [9.17, 15) is 20.4 Å². The summed E-state index contributed by atoms with van der Waals surface area (Å²) in [5.41, 5.74) is 4.87. The Morgan fingerprint density at radius 2 is 0.830 bits per heavy atom. The fourth-order valence-electron chi connectivity index (χ4n) is 5.82. The lowest BCUT2D eigenvalue weighted by Gasteiger charge is -2.22. The van der Waals surface area contributed by atoms with Gasteiger partial charge in [0.2, 0.25) is 6.33 Å². The highest BCUT2D eigenvalue weighted by molar-refractivity contribution is 5.54. The zero-order valence-electron chi connectivity index (χ0n) is 30.1. The molecule has 0 saturated carbocycles. The lowest BCUT2D eigenvalue weighted by molar-refractivity contribution is -0.726. The number of rotatable bonds is 22. The Kier molecular flexibility index (Phi) is 15.5. The summed E-state index contributed by atoms with van der Waals surface area (Å²) in [6, 6.07) is 23.0. The molecule has 0 radical (unpaired) electrons. The van der Waals surface area contributed by atoms with E-state index < -0.39 is 0 Å². The topological polar surface area (TPSA) is 153 Å². The van der Waals surface area contributed by atoms with Crippen LogP contribution in [-0.2, 0) is 26.2 Å². The molecular weight excluding hydrogens is 672 g/mol. The van der Waals surface area contributed by atoms with Crippen LogP contribution in [0.1, 0.15) is 12.8 Å². The van der Waals surface area contributed by atoms with E-state index in [4.69, 9.17) is 0 Å². The SMILES string of the molecule is OCCN(CCO)c1ccc(N=Nc2cc[n+](CCCn3cc[n+](CCC[n+]4ccc(N=Nc5ccc(N(CCO)CCO)cc5)cc4)c3)cc2)cc1. The van der Waals surface area contributed by atoms with Crippen molar-refractivity contribution in [2.45, 2.75) is 39.0 Å². The molecule has 0 aliphatic rings. The molecule has 0 aliphatic carbocycles. The van der Waals surface area contributed by atoms with E-state index in [2.05, 4.69) is 57.4 Å². The second-order valence-corrected chi connectivity index (χ2v) is 12.5. The lowest BCUT2D eigenvalue weighted by atomic mass is 10.2. The first-order valence-electron chi connectivity index (χ1n) is 18.1. The number of nitrogens with zero attached hydrogens (tertiary/aromatic N) is 10. The third kappa shape index (κ3) is 12.6. The number of hydrogen-bond donors (Lipinski definition) is 4. The van der Waals surface area contributed by atoms with Crippen molar-refractivity contribution in [1.29, 1.82) is 0 Å². The summed E-state index contributed by atoms with van der Waals surface area (Å²) in [7, 11) is 0. The maximum Gasteiger partial charge on any atom is 0.243 e. The first kappa shape index (κ1) is 38.8. The average molecular weight is 724 g/mol. The van der Waals surface area contributed by atoms with E-state index in [1.165, 1.54) is 0 Å². The number of anilines is 2. The van der Waals surface area contributed by atoms with Crippen molar-refractivity contribution >= 4 is 34.1 Å². The molecule has 0 unspecified atom stereocenters. The highest BCUT2D eigenvalue weighted by atomic mass is 16.3. The molecule has 2 aromatic carbocycles. The quantitative estimate of drug-likeness (QED) is 0.0627. The van der Waals surface area contributed by atoms with Crippen LogP contribution in [0.15, 0.2) is 137 Å². The predicted octanol–water partition coefficient (Wildman–Crippen LogP) is 3.94. The molecule has 4 N–H and O–H groups in total. The number of aryl methyl sites for hydroxylation is 4. The van der Waals surface area contributed by atoms with Crippen LogP contribution in [0.5, 0.6) is 0 Å². The fourth-order valence-corrected chi connectivity index (χ4v) is 5.82. The smallest absolute Gasteiger partial charge is 0.243 e. The van der Waals surface area contributed by atoms with Gasteiger partial charge in [0.1, 0.15) is 12.4 Å². The number of azo groups is 2. The molecule has 0 bridgehead atoms. The summed E-state index contributed by atoms with van der Waals surface area (Å²) in [6.45, 7) is 5.58. The van der Waals surface area contributed by atoms with Gasteiger partial charge in [0, 0.05) is 74.7 Å². The molecule has 5 aromatic rings. The molecule has 278 valence electrons. The van der Waals surface area contributed by atoms with Gasteiger partial charge in [0.25, 0.3) is 0 Å². The van der Waals surface area contributed by atoms with Gasteiger partial charge in [-0.1, -0.05) is 0 Å². The van der Waals surface area contributed by atoms with Crippen molar-refractivity contribution in [1.82, 2.24) is 4.57 Å². The van der Waals surface area contributed by atoms with Crippen molar-refractivity contribution in [3.8, 4) is 0 Å². The van der Waals surface area contributed by atoms with Crippen molar-refractivity contribution in [2.24, 2.45) is 20.5 Å². The zero-order chi connectivity index (χ0) is 37.1. The van der Waals surface area contributed by atoms with Gasteiger partial charge in [-0.25, -0.2) is 18.3 Å². The molecule has 14 nitrogen and oxygen atoms in total. The van der Waals surface area contributed by atoms with Crippen LogP contribution >= 0.6 is 0 Å². The molecule has 0 amide bonds. The summed E-state index contributed by atoms with van der Waals surface area (Å²) in [6.07, 6.45) is 16.5. The highest BCUT2D eigenvalue weighted by Gasteiger charge is 2.10. The molecule has 53 heavy (non-hydrogen) atoms. The Morgan fingerprint density at radius 3 is 1.25 bits per heavy atom. The molecule has 0 spiro atoms. The average Bonchev–Trinajstić information content (AvgIpc) is 3.65. The molecule has 0 fully saturated rings. The number of aromatic nitrogens is 4. The summed E-state index contributed by atoms with van der Waals surface area (Å²) < 4.78 is 8.75. The molecule has 0 atom stereocenters. The van der Waals surface area contributed by atoms with Crippen LogP contribution in [0.3, 0.4) is 0 Å². The minimum Gasteiger partial charge on any atom is -0.395 e. The van der Waals surface area contributed by atoms with E-state index in [0.717, 1.165) is 73.1 Å². The van der Waals surface area contributed by atoms with E-state index in [1.807, 2.05) is 107 Å². The van der Waals surface area contributed by atoms with Crippen LogP contribution in [-0.4, -0.2) is 77.6 Å². The van der Waals surface area contributed by atoms with Crippen molar-refractivity contribution in [2.75, 3.05) is 62.4 Å². The van der Waals surface area contributed by atoms with Gasteiger partial charge < -0.3 is 30.2 Å². The number of pyridine rings is 2. The monoisotopic (exact) mass is 723 g/mol. The van der Waals surface area contributed by atoms with Gasteiger partial charge in [-0.05, 0) is 48.5 Å². The van der Waals surface area contributed by atoms with Crippen molar-refractivity contribution < 1.29 is 34.1 Å². The van der Waals surface area contributed by atoms with E-state index in [1.54, 1.807) is 0 Å². The Hall–Kier alpha value is -5.41. The van der Waals surface area contributed by atoms with Gasteiger partial charge in [0.15, 0.2) is 37.9 Å². The summed E-state index contributed by atoms with van der Waals surface area (Å²) in [5, 5.41) is 54.5. The standard InChI is InChI=1S/C39H51N10O4/c50-29-25-48(26-30-51)38-7-3-34(4-8-38)40-42-36-11-19-44(20-12-36)15-1-17-46-23-24-47(33-46)18-2-16-45-21-13-37(14-22-45)43-41-35-5-9-39(10-6-35)49(27-31-52)28-32-53/h3-14,19-24,33,50-53H,1-2,15-18,25-32H2/q+3. The molecule has 0 saturated heterocycles. The van der Waals surface area contributed by atoms with E-state index >= 15 is 0 Å². The number of hydrogen-bond acceptors (Lipinski definition) is 10. The molecule has 14 heteroatoms. The highest BCUT2D eigenvalue weighted by Crippen LogP contribution is 2.23. The zero-order valence-corrected chi connectivity index (χ0v) is 30.1. The van der Waals surface area contributed by atoms with Crippen molar-refractivity contribution in [3.63, 3.8) is 0 Å². The van der Waals surface area contributed by atoms with Gasteiger partial charge >= 0.3 is 0 Å². The van der Waals surface area contributed by atoms with E-state index in [-0.39, 0.29) is 26.4 Å². The number of imidazole rings is 1. The predicted molar refractivity (Wildman–Crippen MR) is 201 cm³/mol. The maximum atomic E-state index is 9.26. The minimum absolute atomic E-state index is 0.0251. The summed E-state index contributed by atoms with van der Waals surface area (Å²) >= 11 is 0. The number of benzene rings is 2. The van der Waals surface area contributed by atoms with Crippen molar-refractivity contribution in [3.05, 3.63) is 116 Å². The number of aliphatic hydroxyl groups is 4. The minimum atomic E-state index is 0.0251.